The average molecular weight is 254 g/mol. The summed E-state index contributed by atoms with van der Waals surface area (Å²) in [6, 6.07) is 3.77. The Morgan fingerprint density at radius 3 is 2.59 bits per heavy atom. The van der Waals surface area contributed by atoms with Gasteiger partial charge in [0.25, 0.3) is 0 Å². The first-order valence-electron chi connectivity index (χ1n) is 5.20. The van der Waals surface area contributed by atoms with Crippen LogP contribution in [0.5, 0.6) is 11.5 Å². The van der Waals surface area contributed by atoms with Crippen LogP contribution in [0.1, 0.15) is 18.0 Å². The first kappa shape index (κ1) is 13.7. The summed E-state index contributed by atoms with van der Waals surface area (Å²) >= 11 is 6.13. The molecule has 0 amide bonds. The maximum absolute atomic E-state index is 6.13. The van der Waals surface area contributed by atoms with Crippen LogP contribution >= 0.6 is 11.6 Å². The molecule has 0 aliphatic rings. The fraction of sp³-hybridized carbons (Fsp3) is 0.385. The number of nitrogens with one attached hydrogen (secondary N) is 1. The SMILES string of the molecule is C#CCC(NC)c1cc(Cl)c(OC)c(OC)c1. The highest BCUT2D eigenvalue weighted by molar-refractivity contribution is 6.32. The Morgan fingerprint density at radius 2 is 2.12 bits per heavy atom. The van der Waals surface area contributed by atoms with Crippen molar-refractivity contribution < 1.29 is 9.47 Å². The Morgan fingerprint density at radius 1 is 1.41 bits per heavy atom. The Labute approximate surface area is 107 Å². The molecule has 0 saturated heterocycles. The molecule has 0 heterocycles. The zero-order valence-corrected chi connectivity index (χ0v) is 11.0. The Balaban J connectivity index is 3.19. The van der Waals surface area contributed by atoms with Gasteiger partial charge in [0.2, 0.25) is 0 Å². The summed E-state index contributed by atoms with van der Waals surface area (Å²) in [5.74, 6) is 3.76. The van der Waals surface area contributed by atoms with Crippen LogP contribution in [0.3, 0.4) is 0 Å². The summed E-state index contributed by atoms with van der Waals surface area (Å²) in [7, 11) is 4.99. The summed E-state index contributed by atoms with van der Waals surface area (Å²) in [6.45, 7) is 0. The van der Waals surface area contributed by atoms with Crippen LogP contribution in [0.2, 0.25) is 5.02 Å². The van der Waals surface area contributed by atoms with Gasteiger partial charge < -0.3 is 14.8 Å². The van der Waals surface area contributed by atoms with Crippen LogP contribution in [0.15, 0.2) is 12.1 Å². The van der Waals surface area contributed by atoms with Crippen molar-refractivity contribution in [2.45, 2.75) is 12.5 Å². The molecule has 0 radical (unpaired) electrons. The van der Waals surface area contributed by atoms with Crippen molar-refractivity contribution in [1.29, 1.82) is 0 Å². The third-order valence-corrected chi connectivity index (χ3v) is 2.81. The zero-order chi connectivity index (χ0) is 12.8. The minimum absolute atomic E-state index is 0.0531. The molecule has 0 spiro atoms. The van der Waals surface area contributed by atoms with Crippen LogP contribution in [0, 0.1) is 12.3 Å². The van der Waals surface area contributed by atoms with Gasteiger partial charge >= 0.3 is 0 Å². The van der Waals surface area contributed by atoms with Gasteiger partial charge in [-0.1, -0.05) is 11.6 Å². The number of halogens is 1. The number of methoxy groups -OCH3 is 2. The maximum atomic E-state index is 6.13. The van der Waals surface area contributed by atoms with E-state index in [9.17, 15) is 0 Å². The van der Waals surface area contributed by atoms with Gasteiger partial charge in [0, 0.05) is 12.5 Å². The van der Waals surface area contributed by atoms with Crippen LogP contribution < -0.4 is 14.8 Å². The molecule has 92 valence electrons. The molecule has 0 aliphatic heterocycles. The Kier molecular flexibility index (Phi) is 5.14. The fourth-order valence-electron chi connectivity index (χ4n) is 1.64. The molecule has 1 unspecified atom stereocenters. The van der Waals surface area contributed by atoms with E-state index >= 15 is 0 Å². The molecule has 0 saturated carbocycles. The summed E-state index contributed by atoms with van der Waals surface area (Å²) in [5.41, 5.74) is 0.980. The summed E-state index contributed by atoms with van der Waals surface area (Å²) < 4.78 is 10.4. The first-order valence-corrected chi connectivity index (χ1v) is 5.57. The van der Waals surface area contributed by atoms with Gasteiger partial charge in [-0.25, -0.2) is 0 Å². The molecule has 3 nitrogen and oxygen atoms in total. The minimum Gasteiger partial charge on any atom is -0.493 e. The third-order valence-electron chi connectivity index (χ3n) is 2.53. The lowest BCUT2D eigenvalue weighted by Crippen LogP contribution is -2.15. The van der Waals surface area contributed by atoms with E-state index in [1.807, 2.05) is 19.2 Å². The monoisotopic (exact) mass is 253 g/mol. The highest BCUT2D eigenvalue weighted by Gasteiger charge is 2.15. The predicted octanol–water partition coefficient (Wildman–Crippen LogP) is 2.64. The van der Waals surface area contributed by atoms with Crippen molar-refractivity contribution in [3.8, 4) is 23.8 Å². The number of ether oxygens (including phenoxy) is 2. The van der Waals surface area contributed by atoms with E-state index in [2.05, 4.69) is 11.2 Å². The van der Waals surface area contributed by atoms with Gasteiger partial charge in [0.15, 0.2) is 11.5 Å². The van der Waals surface area contributed by atoms with Crippen LogP contribution in [-0.2, 0) is 0 Å². The molecule has 1 rings (SSSR count). The van der Waals surface area contributed by atoms with Gasteiger partial charge in [-0.15, -0.1) is 12.3 Å². The Hall–Kier alpha value is -1.37. The van der Waals surface area contributed by atoms with Gasteiger partial charge in [0.05, 0.1) is 19.2 Å². The van der Waals surface area contributed by atoms with Crippen LogP contribution in [0.25, 0.3) is 0 Å². The first-order chi connectivity index (χ1) is 8.17. The second-order valence-electron chi connectivity index (χ2n) is 3.49. The van der Waals surface area contributed by atoms with Crippen LogP contribution in [-0.4, -0.2) is 21.3 Å². The second-order valence-corrected chi connectivity index (χ2v) is 3.89. The van der Waals surface area contributed by atoms with Crippen molar-refractivity contribution in [2.24, 2.45) is 0 Å². The molecule has 4 heteroatoms. The minimum atomic E-state index is 0.0531. The molecule has 1 N–H and O–H groups in total. The topological polar surface area (TPSA) is 30.5 Å². The number of terminal acetylenes is 1. The highest BCUT2D eigenvalue weighted by atomic mass is 35.5. The Bertz CT molecular complexity index is 426. The maximum Gasteiger partial charge on any atom is 0.179 e. The van der Waals surface area contributed by atoms with Crippen molar-refractivity contribution in [2.75, 3.05) is 21.3 Å². The van der Waals surface area contributed by atoms with Gasteiger partial charge in [0.1, 0.15) is 0 Å². The molecular formula is C13H16ClNO2. The van der Waals surface area contributed by atoms with Crippen molar-refractivity contribution in [1.82, 2.24) is 5.32 Å². The van der Waals surface area contributed by atoms with Gasteiger partial charge in [-0.05, 0) is 24.7 Å². The third kappa shape index (κ3) is 3.06. The molecular weight excluding hydrogens is 238 g/mol. The van der Waals surface area contributed by atoms with E-state index in [0.29, 0.717) is 22.9 Å². The number of benzene rings is 1. The van der Waals surface area contributed by atoms with Gasteiger partial charge in [-0.2, -0.15) is 0 Å². The fourth-order valence-corrected chi connectivity index (χ4v) is 1.94. The van der Waals surface area contributed by atoms with Crippen molar-refractivity contribution in [3.05, 3.63) is 22.7 Å². The zero-order valence-electron chi connectivity index (χ0n) is 10.2. The lowest BCUT2D eigenvalue weighted by Gasteiger charge is -2.17. The predicted molar refractivity (Wildman–Crippen MR) is 69.8 cm³/mol. The average Bonchev–Trinajstić information content (AvgIpc) is 2.34. The number of hydrogen-bond donors (Lipinski definition) is 1. The normalized spacial score (nSPS) is 11.7. The second kappa shape index (κ2) is 6.39. The van der Waals surface area contributed by atoms with E-state index < -0.39 is 0 Å². The van der Waals surface area contributed by atoms with Crippen LogP contribution in [0.4, 0.5) is 0 Å². The summed E-state index contributed by atoms with van der Waals surface area (Å²) in [5, 5.41) is 3.65. The smallest absolute Gasteiger partial charge is 0.179 e. The quantitative estimate of drug-likeness (QED) is 0.819. The van der Waals surface area contributed by atoms with Crippen molar-refractivity contribution in [3.63, 3.8) is 0 Å². The standard InChI is InChI=1S/C13H16ClNO2/c1-5-6-11(15-2)9-7-10(14)13(17-4)12(8-9)16-3/h1,7-8,11,15H,6H2,2-4H3. The molecule has 1 aromatic carbocycles. The molecule has 0 aliphatic carbocycles. The molecule has 1 aromatic rings. The number of hydrogen-bond acceptors (Lipinski definition) is 3. The molecule has 17 heavy (non-hydrogen) atoms. The lowest BCUT2D eigenvalue weighted by molar-refractivity contribution is 0.354. The summed E-state index contributed by atoms with van der Waals surface area (Å²) in [4.78, 5) is 0. The molecule has 1 atom stereocenters. The van der Waals surface area contributed by atoms with E-state index in [4.69, 9.17) is 27.5 Å². The van der Waals surface area contributed by atoms with E-state index in [-0.39, 0.29) is 6.04 Å². The molecule has 0 bridgehead atoms. The van der Waals surface area contributed by atoms with E-state index in [1.54, 1.807) is 14.2 Å². The highest BCUT2D eigenvalue weighted by Crippen LogP contribution is 2.37. The van der Waals surface area contributed by atoms with E-state index in [0.717, 1.165) is 5.56 Å². The van der Waals surface area contributed by atoms with E-state index in [1.165, 1.54) is 0 Å². The summed E-state index contributed by atoms with van der Waals surface area (Å²) in [6.07, 6.45) is 5.91. The largest absolute Gasteiger partial charge is 0.493 e. The molecule has 0 aromatic heterocycles. The lowest BCUT2D eigenvalue weighted by atomic mass is 10.0. The van der Waals surface area contributed by atoms with Gasteiger partial charge in [-0.3, -0.25) is 0 Å². The molecule has 0 fully saturated rings. The number of rotatable bonds is 5. The van der Waals surface area contributed by atoms with Crippen molar-refractivity contribution >= 4 is 11.6 Å².